The predicted octanol–water partition coefficient (Wildman–Crippen LogP) is 4.06. The minimum absolute atomic E-state index is 0.298. The van der Waals surface area contributed by atoms with Gasteiger partial charge >= 0.3 is 0 Å². The van der Waals surface area contributed by atoms with Crippen molar-refractivity contribution in [3.05, 3.63) is 65.2 Å². The third-order valence-electron chi connectivity index (χ3n) is 5.96. The van der Waals surface area contributed by atoms with E-state index in [1.54, 1.807) is 0 Å². The zero-order chi connectivity index (χ0) is 20.8. The molecule has 0 bridgehead atoms. The van der Waals surface area contributed by atoms with E-state index in [1.807, 2.05) is 24.3 Å². The van der Waals surface area contributed by atoms with E-state index in [-0.39, 0.29) is 5.92 Å². The molecule has 1 saturated carbocycles. The number of thiocarbonyl (C=S) groups is 1. The largest absolute Gasteiger partial charge is 0.550 e. The maximum atomic E-state index is 11.2. The molecule has 1 N–H and O–H groups in total. The summed E-state index contributed by atoms with van der Waals surface area (Å²) in [4.78, 5) is 13.4. The number of carbonyl (C=O) groups excluding carboxylic acids is 1. The second kappa shape index (κ2) is 9.88. The van der Waals surface area contributed by atoms with Crippen LogP contribution in [0.4, 0.5) is 5.69 Å². The minimum atomic E-state index is -0.906. The van der Waals surface area contributed by atoms with E-state index < -0.39 is 5.97 Å². The van der Waals surface area contributed by atoms with Crippen LogP contribution in [-0.2, 0) is 11.3 Å². The summed E-state index contributed by atoms with van der Waals surface area (Å²) in [5.74, 6) is -0.767. The quantitative estimate of drug-likeness (QED) is 0.729. The van der Waals surface area contributed by atoms with E-state index in [9.17, 15) is 9.90 Å². The Balaban J connectivity index is 1.73. The molecule has 0 aromatic heterocycles. The Morgan fingerprint density at radius 2 is 1.66 bits per heavy atom. The number of hydrogen-bond donors (Lipinski definition) is 1. The fourth-order valence-electron chi connectivity index (χ4n) is 4.01. The first-order valence-corrected chi connectivity index (χ1v) is 10.7. The molecule has 1 aliphatic rings. The van der Waals surface area contributed by atoms with Crippen LogP contribution in [0.25, 0.3) is 0 Å². The number of carboxylic acids is 1. The van der Waals surface area contributed by atoms with E-state index >= 15 is 0 Å². The standard InChI is InChI=1S/C24H30N2O2S/c1-17-7-3-5-9-21(17)16-26(15-19-11-13-20(14-12-19)23(27)28)24(29)25-22-10-6-4-8-18(22)2/h3-10,19-20H,11-16H2,1-2H3,(H,25,29)(H,27,28)/p-1. The number of carboxylic acid groups (broad SMARTS) is 1. The number of nitrogens with zero attached hydrogens (tertiary/aromatic N) is 1. The van der Waals surface area contributed by atoms with Crippen molar-refractivity contribution in [2.45, 2.75) is 46.1 Å². The van der Waals surface area contributed by atoms with Gasteiger partial charge in [0.05, 0.1) is 0 Å². The topological polar surface area (TPSA) is 55.4 Å². The zero-order valence-electron chi connectivity index (χ0n) is 17.2. The van der Waals surface area contributed by atoms with Crippen LogP contribution < -0.4 is 10.4 Å². The summed E-state index contributed by atoms with van der Waals surface area (Å²) < 4.78 is 0. The van der Waals surface area contributed by atoms with Gasteiger partial charge in [-0.2, -0.15) is 0 Å². The monoisotopic (exact) mass is 409 g/mol. The van der Waals surface area contributed by atoms with Gasteiger partial charge in [0.15, 0.2) is 5.11 Å². The molecule has 0 amide bonds. The number of aliphatic carboxylic acids is 1. The van der Waals surface area contributed by atoms with Gasteiger partial charge in [0, 0.05) is 24.7 Å². The maximum Gasteiger partial charge on any atom is 0.173 e. The van der Waals surface area contributed by atoms with Gasteiger partial charge in [0.1, 0.15) is 0 Å². The molecule has 2 aromatic carbocycles. The van der Waals surface area contributed by atoms with Crippen molar-refractivity contribution in [3.63, 3.8) is 0 Å². The fourth-order valence-corrected chi connectivity index (χ4v) is 4.26. The first kappa shape index (κ1) is 21.3. The first-order valence-electron chi connectivity index (χ1n) is 10.3. The predicted molar refractivity (Wildman–Crippen MR) is 119 cm³/mol. The lowest BCUT2D eigenvalue weighted by atomic mass is 9.82. The average molecular weight is 410 g/mol. The summed E-state index contributed by atoms with van der Waals surface area (Å²) in [6.45, 7) is 5.75. The molecule has 29 heavy (non-hydrogen) atoms. The summed E-state index contributed by atoms with van der Waals surface area (Å²) in [6, 6.07) is 16.5. The van der Waals surface area contributed by atoms with Gasteiger partial charge in [-0.15, -0.1) is 0 Å². The van der Waals surface area contributed by atoms with E-state index in [0.717, 1.165) is 37.2 Å². The fraction of sp³-hybridized carbons (Fsp3) is 0.417. The van der Waals surface area contributed by atoms with Crippen molar-refractivity contribution in [1.29, 1.82) is 0 Å². The summed E-state index contributed by atoms with van der Waals surface area (Å²) in [7, 11) is 0. The molecule has 0 saturated heterocycles. The Kier molecular flexibility index (Phi) is 7.26. The number of aryl methyl sites for hydroxylation is 2. The van der Waals surface area contributed by atoms with Crippen molar-refractivity contribution in [1.82, 2.24) is 4.90 Å². The molecule has 0 radical (unpaired) electrons. The third kappa shape index (κ3) is 5.80. The Labute approximate surface area is 178 Å². The van der Waals surface area contributed by atoms with Crippen molar-refractivity contribution >= 4 is 29.0 Å². The van der Waals surface area contributed by atoms with E-state index in [4.69, 9.17) is 12.2 Å². The highest BCUT2D eigenvalue weighted by Crippen LogP contribution is 2.30. The number of benzene rings is 2. The Bertz CT molecular complexity index is 859. The Hall–Kier alpha value is -2.40. The Morgan fingerprint density at radius 3 is 2.28 bits per heavy atom. The molecule has 3 rings (SSSR count). The first-order chi connectivity index (χ1) is 13.9. The van der Waals surface area contributed by atoms with Crippen LogP contribution >= 0.6 is 12.2 Å². The number of hydrogen-bond acceptors (Lipinski definition) is 3. The molecule has 0 atom stereocenters. The summed E-state index contributed by atoms with van der Waals surface area (Å²) in [5, 5.41) is 15.3. The normalized spacial score (nSPS) is 18.8. The molecule has 2 aromatic rings. The summed E-state index contributed by atoms with van der Waals surface area (Å²) >= 11 is 5.80. The van der Waals surface area contributed by atoms with Gasteiger partial charge in [-0.25, -0.2) is 0 Å². The minimum Gasteiger partial charge on any atom is -0.550 e. The highest BCUT2D eigenvalue weighted by molar-refractivity contribution is 7.80. The van der Waals surface area contributed by atoms with Crippen molar-refractivity contribution < 1.29 is 9.90 Å². The summed E-state index contributed by atoms with van der Waals surface area (Å²) in [5.41, 5.74) is 4.68. The van der Waals surface area contributed by atoms with Gasteiger partial charge in [0.2, 0.25) is 0 Å². The second-order valence-corrected chi connectivity index (χ2v) is 8.48. The number of anilines is 1. The third-order valence-corrected chi connectivity index (χ3v) is 6.32. The number of para-hydroxylation sites is 1. The van der Waals surface area contributed by atoms with E-state index in [2.05, 4.69) is 48.3 Å². The van der Waals surface area contributed by atoms with Crippen LogP contribution in [0.5, 0.6) is 0 Å². The second-order valence-electron chi connectivity index (χ2n) is 8.09. The number of carbonyl (C=O) groups is 1. The van der Waals surface area contributed by atoms with Crippen molar-refractivity contribution in [2.24, 2.45) is 11.8 Å². The van der Waals surface area contributed by atoms with Crippen LogP contribution in [0.1, 0.15) is 42.4 Å². The van der Waals surface area contributed by atoms with Crippen LogP contribution in [0, 0.1) is 25.7 Å². The molecular formula is C24H29N2O2S-. The molecule has 0 spiro atoms. The molecule has 154 valence electrons. The highest BCUT2D eigenvalue weighted by atomic mass is 32.1. The van der Waals surface area contributed by atoms with Gasteiger partial charge in [-0.3, -0.25) is 0 Å². The molecule has 4 nitrogen and oxygen atoms in total. The number of nitrogens with one attached hydrogen (secondary N) is 1. The van der Waals surface area contributed by atoms with Gasteiger partial charge in [-0.05, 0) is 86.3 Å². The molecule has 1 aliphatic carbocycles. The molecule has 0 aliphatic heterocycles. The van der Waals surface area contributed by atoms with Crippen LogP contribution in [0.3, 0.4) is 0 Å². The lowest BCUT2D eigenvalue weighted by molar-refractivity contribution is -0.312. The molecule has 5 heteroatoms. The lowest BCUT2D eigenvalue weighted by Crippen LogP contribution is -2.40. The van der Waals surface area contributed by atoms with Crippen LogP contribution in [0.2, 0.25) is 0 Å². The van der Waals surface area contributed by atoms with E-state index in [0.29, 0.717) is 23.9 Å². The molecule has 0 unspecified atom stereocenters. The summed E-state index contributed by atoms with van der Waals surface area (Å²) in [6.07, 6.45) is 3.19. The molecule has 0 heterocycles. The van der Waals surface area contributed by atoms with Gasteiger partial charge in [0.25, 0.3) is 0 Å². The number of rotatable bonds is 6. The van der Waals surface area contributed by atoms with E-state index in [1.165, 1.54) is 11.1 Å². The van der Waals surface area contributed by atoms with Crippen LogP contribution in [0.15, 0.2) is 48.5 Å². The lowest BCUT2D eigenvalue weighted by Gasteiger charge is -2.34. The highest BCUT2D eigenvalue weighted by Gasteiger charge is 2.25. The zero-order valence-corrected chi connectivity index (χ0v) is 18.0. The van der Waals surface area contributed by atoms with Crippen molar-refractivity contribution in [2.75, 3.05) is 11.9 Å². The van der Waals surface area contributed by atoms with Gasteiger partial charge in [-0.1, -0.05) is 42.5 Å². The molecular weight excluding hydrogens is 380 g/mol. The SMILES string of the molecule is Cc1ccccc1CN(CC1CCC(C(=O)[O-])CC1)C(=S)Nc1ccccc1C. The molecule has 1 fully saturated rings. The Morgan fingerprint density at radius 1 is 1.03 bits per heavy atom. The maximum absolute atomic E-state index is 11.2. The van der Waals surface area contributed by atoms with Gasteiger partial charge < -0.3 is 20.1 Å². The van der Waals surface area contributed by atoms with Crippen molar-refractivity contribution in [3.8, 4) is 0 Å². The van der Waals surface area contributed by atoms with Crippen LogP contribution in [-0.4, -0.2) is 22.5 Å². The smallest absolute Gasteiger partial charge is 0.173 e. The average Bonchev–Trinajstić information content (AvgIpc) is 2.71.